The van der Waals surface area contributed by atoms with Gasteiger partial charge in [0.25, 0.3) is 0 Å². The van der Waals surface area contributed by atoms with E-state index in [1.54, 1.807) is 0 Å². The predicted octanol–water partition coefficient (Wildman–Crippen LogP) is 13.2. The van der Waals surface area contributed by atoms with Crippen LogP contribution in [0.1, 0.15) is 22.9 Å². The highest BCUT2D eigenvalue weighted by molar-refractivity contribution is 7.26. The lowest BCUT2D eigenvalue weighted by atomic mass is 9.94. The minimum atomic E-state index is 0.141. The molecule has 4 nitrogen and oxygen atoms in total. The third kappa shape index (κ3) is 6.90. The second kappa shape index (κ2) is 15.1. The Balaban J connectivity index is 0.962. The first-order chi connectivity index (χ1) is 27.7. The van der Waals surface area contributed by atoms with Gasteiger partial charge in [0.2, 0.25) is 0 Å². The second-order valence-electron chi connectivity index (χ2n) is 14.4. The number of hydrogen-bond donors (Lipinski definition) is 2. The standard InChI is InChI=1S/C51H40N4S/c1-4-14-36(15-5-1)34-52-55-51(54(55)35-37-16-6-2-7-17-37)39-26-29-43(30-27-39)53-48-31-28-40(38-18-8-3-9-19-38)33-47(48)42-21-12-20-41(32-42)44-23-13-24-46-45-22-10-11-25-49(45)56-50(44)46/h1-33,51-53H,34-35H2. The molecule has 3 unspecified atom stereocenters. The molecule has 0 aliphatic carbocycles. The second-order valence-corrected chi connectivity index (χ2v) is 15.4. The van der Waals surface area contributed by atoms with Crippen LogP contribution < -0.4 is 10.7 Å². The molecule has 5 heteroatoms. The van der Waals surface area contributed by atoms with Crippen LogP contribution in [0.3, 0.4) is 0 Å². The fourth-order valence-corrected chi connectivity index (χ4v) is 9.06. The van der Waals surface area contributed by atoms with Gasteiger partial charge in [-0.1, -0.05) is 164 Å². The van der Waals surface area contributed by atoms with Crippen molar-refractivity contribution >= 4 is 42.9 Å². The zero-order valence-corrected chi connectivity index (χ0v) is 31.7. The molecule has 3 atom stereocenters. The van der Waals surface area contributed by atoms with E-state index in [2.05, 4.69) is 221 Å². The van der Waals surface area contributed by atoms with Crippen molar-refractivity contribution < 1.29 is 0 Å². The Labute approximate surface area is 331 Å². The molecule has 9 aromatic rings. The molecule has 2 heterocycles. The summed E-state index contributed by atoms with van der Waals surface area (Å²) < 4.78 is 2.65. The number of benzene rings is 8. The first-order valence-electron chi connectivity index (χ1n) is 19.2. The van der Waals surface area contributed by atoms with Crippen LogP contribution in [-0.4, -0.2) is 10.1 Å². The van der Waals surface area contributed by atoms with Gasteiger partial charge in [-0.15, -0.1) is 11.3 Å². The molecule has 10 rings (SSSR count). The number of nitrogens with one attached hydrogen (secondary N) is 2. The van der Waals surface area contributed by atoms with Gasteiger partial charge in [-0.2, -0.15) is 10.1 Å². The van der Waals surface area contributed by atoms with E-state index in [0.29, 0.717) is 0 Å². The highest BCUT2D eigenvalue weighted by atomic mass is 32.1. The maximum Gasteiger partial charge on any atom is 0.132 e. The van der Waals surface area contributed by atoms with E-state index in [0.717, 1.165) is 30.0 Å². The molecule has 2 N–H and O–H groups in total. The minimum absolute atomic E-state index is 0.141. The van der Waals surface area contributed by atoms with Gasteiger partial charge < -0.3 is 5.32 Å². The normalized spacial score (nSPS) is 16.2. The zero-order valence-electron chi connectivity index (χ0n) is 30.8. The third-order valence-corrected chi connectivity index (χ3v) is 11.9. The van der Waals surface area contributed by atoms with Crippen molar-refractivity contribution in [2.45, 2.75) is 19.3 Å². The monoisotopic (exact) mass is 740 g/mol. The van der Waals surface area contributed by atoms with Crippen molar-refractivity contribution in [2.75, 3.05) is 5.32 Å². The Morgan fingerprint density at radius 2 is 1.12 bits per heavy atom. The minimum Gasteiger partial charge on any atom is -0.355 e. The van der Waals surface area contributed by atoms with Crippen LogP contribution in [0.5, 0.6) is 0 Å². The van der Waals surface area contributed by atoms with Crippen molar-refractivity contribution in [3.63, 3.8) is 0 Å². The Morgan fingerprint density at radius 1 is 0.482 bits per heavy atom. The van der Waals surface area contributed by atoms with Crippen molar-refractivity contribution in [3.8, 4) is 33.4 Å². The summed E-state index contributed by atoms with van der Waals surface area (Å²) in [6.07, 6.45) is 0.141. The Morgan fingerprint density at radius 3 is 1.91 bits per heavy atom. The fraction of sp³-hybridized carbons (Fsp3) is 0.0588. The molecule has 0 amide bonds. The average molecular weight is 741 g/mol. The Hall–Kier alpha value is -6.34. The van der Waals surface area contributed by atoms with E-state index >= 15 is 0 Å². The number of rotatable bonds is 11. The Kier molecular flexibility index (Phi) is 9.19. The maximum absolute atomic E-state index is 3.81. The summed E-state index contributed by atoms with van der Waals surface area (Å²) in [4.78, 5) is 0. The summed E-state index contributed by atoms with van der Waals surface area (Å²) in [6, 6.07) is 72.0. The molecule has 0 spiro atoms. The predicted molar refractivity (Wildman–Crippen MR) is 235 cm³/mol. The molecule has 0 radical (unpaired) electrons. The maximum atomic E-state index is 3.81. The van der Waals surface area contributed by atoms with Crippen molar-refractivity contribution in [3.05, 3.63) is 217 Å². The molecule has 8 aromatic carbocycles. The lowest BCUT2D eigenvalue weighted by Gasteiger charge is -2.16. The van der Waals surface area contributed by atoms with Gasteiger partial charge in [-0.25, -0.2) is 5.43 Å². The van der Waals surface area contributed by atoms with Gasteiger partial charge in [-0.05, 0) is 80.9 Å². The van der Waals surface area contributed by atoms with E-state index in [1.807, 2.05) is 11.3 Å². The van der Waals surface area contributed by atoms with Crippen LogP contribution in [0, 0.1) is 0 Å². The van der Waals surface area contributed by atoms with Crippen molar-refractivity contribution in [1.82, 2.24) is 15.6 Å². The smallest absolute Gasteiger partial charge is 0.132 e. The largest absolute Gasteiger partial charge is 0.355 e. The molecule has 1 aliphatic heterocycles. The van der Waals surface area contributed by atoms with E-state index in [1.165, 1.54) is 64.7 Å². The molecule has 1 aliphatic rings. The molecular formula is C51H40N4S. The average Bonchev–Trinajstić information content (AvgIpc) is 3.80. The van der Waals surface area contributed by atoms with Gasteiger partial charge in [0.05, 0.1) is 0 Å². The number of hydrogen-bond acceptors (Lipinski definition) is 5. The molecular weight excluding hydrogens is 701 g/mol. The third-order valence-electron chi connectivity index (χ3n) is 10.7. The van der Waals surface area contributed by atoms with E-state index in [4.69, 9.17) is 0 Å². The zero-order chi connectivity index (χ0) is 37.3. The summed E-state index contributed by atoms with van der Waals surface area (Å²) in [5.74, 6) is 0. The number of nitrogens with zero attached hydrogens (tertiary/aromatic N) is 2. The van der Waals surface area contributed by atoms with E-state index in [-0.39, 0.29) is 6.17 Å². The van der Waals surface area contributed by atoms with Gasteiger partial charge in [0.15, 0.2) is 0 Å². The highest BCUT2D eigenvalue weighted by Crippen LogP contribution is 2.43. The summed E-state index contributed by atoms with van der Waals surface area (Å²) >= 11 is 1.88. The number of anilines is 2. The van der Waals surface area contributed by atoms with Gasteiger partial charge >= 0.3 is 0 Å². The lowest BCUT2D eigenvalue weighted by Crippen LogP contribution is -2.24. The van der Waals surface area contributed by atoms with Gasteiger partial charge in [0.1, 0.15) is 6.17 Å². The SMILES string of the molecule is c1ccc(CNN2C(c3ccc(Nc4ccc(-c5ccccc5)cc4-c4cccc(-c5cccc6c5sc5ccccc56)c4)cc3)N2Cc2ccccc2)cc1. The van der Waals surface area contributed by atoms with Crippen LogP contribution in [0.2, 0.25) is 0 Å². The summed E-state index contributed by atoms with van der Waals surface area (Å²) in [5, 5.41) is 11.1. The molecule has 270 valence electrons. The van der Waals surface area contributed by atoms with E-state index < -0.39 is 0 Å². The fourth-order valence-electron chi connectivity index (χ4n) is 7.82. The molecule has 56 heavy (non-hydrogen) atoms. The van der Waals surface area contributed by atoms with Gasteiger partial charge in [-0.3, -0.25) is 0 Å². The van der Waals surface area contributed by atoms with Crippen LogP contribution in [-0.2, 0) is 13.1 Å². The quantitative estimate of drug-likeness (QED) is 0.129. The number of hydrazine groups is 2. The number of fused-ring (bicyclic) bond motifs is 3. The lowest BCUT2D eigenvalue weighted by molar-refractivity contribution is 0.221. The molecule has 0 bridgehead atoms. The Bertz CT molecular complexity index is 2760. The molecule has 1 fully saturated rings. The highest BCUT2D eigenvalue weighted by Gasteiger charge is 2.46. The first-order valence-corrected chi connectivity index (χ1v) is 20.0. The number of thiophene rings is 1. The summed E-state index contributed by atoms with van der Waals surface area (Å²) in [7, 11) is 0. The van der Waals surface area contributed by atoms with Crippen LogP contribution in [0.15, 0.2) is 200 Å². The molecule has 1 aromatic heterocycles. The van der Waals surface area contributed by atoms with Crippen molar-refractivity contribution in [2.24, 2.45) is 0 Å². The summed E-state index contributed by atoms with van der Waals surface area (Å²) in [5.41, 5.74) is 16.8. The topological polar surface area (TPSA) is 30.1 Å². The first kappa shape index (κ1) is 34.2. The van der Waals surface area contributed by atoms with Crippen LogP contribution >= 0.6 is 11.3 Å². The van der Waals surface area contributed by atoms with Crippen LogP contribution in [0.4, 0.5) is 11.4 Å². The molecule has 1 saturated heterocycles. The van der Waals surface area contributed by atoms with Gasteiger partial charge in [0, 0.05) is 50.2 Å². The van der Waals surface area contributed by atoms with Crippen molar-refractivity contribution in [1.29, 1.82) is 0 Å². The van der Waals surface area contributed by atoms with E-state index in [9.17, 15) is 0 Å². The van der Waals surface area contributed by atoms with Crippen LogP contribution in [0.25, 0.3) is 53.6 Å². The molecule has 0 saturated carbocycles. The summed E-state index contributed by atoms with van der Waals surface area (Å²) in [6.45, 7) is 1.60.